The van der Waals surface area contributed by atoms with Crippen LogP contribution < -0.4 is 0 Å². The van der Waals surface area contributed by atoms with Crippen molar-refractivity contribution >= 4 is 24.2 Å². The van der Waals surface area contributed by atoms with Crippen molar-refractivity contribution in [1.82, 2.24) is 0 Å². The second kappa shape index (κ2) is 12.1. The van der Waals surface area contributed by atoms with Crippen LogP contribution >= 0.6 is 0 Å². The smallest absolute Gasteiger partial charge is 0.303 e. The highest BCUT2D eigenvalue weighted by atomic mass is 28.3. The van der Waals surface area contributed by atoms with Crippen LogP contribution in [-0.4, -0.2) is 38.4 Å². The van der Waals surface area contributed by atoms with Crippen molar-refractivity contribution < 1.29 is 8.85 Å². The maximum Gasteiger partial charge on any atom is 0.303 e. The van der Waals surface area contributed by atoms with Crippen LogP contribution in [0, 0.1) is 5.92 Å². The normalized spacial score (nSPS) is 28.3. The van der Waals surface area contributed by atoms with Gasteiger partial charge in [0.15, 0.2) is 0 Å². The average Bonchev–Trinajstić information content (AvgIpc) is 3.02. The molecule has 2 rings (SSSR count). The van der Waals surface area contributed by atoms with Crippen LogP contribution in [0.25, 0.3) is 0 Å². The summed E-state index contributed by atoms with van der Waals surface area (Å²) in [7, 11) is 2.73. The van der Waals surface area contributed by atoms with Gasteiger partial charge >= 0.3 is 10.0 Å². The van der Waals surface area contributed by atoms with E-state index in [1.54, 1.807) is 64.4 Å². The lowest BCUT2D eigenvalue weighted by atomic mass is 9.90. The van der Waals surface area contributed by atoms with Crippen LogP contribution in [0.15, 0.2) is 0 Å². The predicted molar refractivity (Wildman–Crippen MR) is 106 cm³/mol. The summed E-state index contributed by atoms with van der Waals surface area (Å²) in [5, 5.41) is 1.58. The molecule has 0 spiro atoms. The number of rotatable bonds is 7. The molecule has 136 valence electrons. The molecule has 2 aliphatic rings. The Labute approximate surface area is 152 Å². The van der Waals surface area contributed by atoms with Gasteiger partial charge in [-0.1, -0.05) is 99.3 Å². The quantitative estimate of drug-likeness (QED) is 0.563. The van der Waals surface area contributed by atoms with Crippen LogP contribution in [0.2, 0.25) is 14.3 Å². The van der Waals surface area contributed by atoms with E-state index in [1.807, 2.05) is 0 Å². The molecule has 2 nitrogen and oxygen atoms in total. The summed E-state index contributed by atoms with van der Waals surface area (Å²) in [4.78, 5) is 0. The minimum Gasteiger partial charge on any atom is -0.402 e. The topological polar surface area (TPSA) is 18.5 Å². The lowest BCUT2D eigenvalue weighted by Gasteiger charge is -2.44. The molecule has 0 amide bonds. The standard InChI is InChI=1S/C9H17.C6H11.C2H8O2Si.C2H5.Al/c1-3-8-6-5-7-9(8)4-2;1-2-4-6-5-3-1;1-3-5-4-2;1-2;/h8H,3-7H2,1-2H3;1H,2-6H2;5H2,1-2H3;1H2,2H3;. The monoisotopic (exact) mass is 356 g/mol. The maximum atomic E-state index is 4.61. The molecule has 0 bridgehead atoms. The van der Waals surface area contributed by atoms with Crippen molar-refractivity contribution in [3.63, 3.8) is 0 Å². The Bertz CT molecular complexity index is 295. The van der Waals surface area contributed by atoms with Gasteiger partial charge in [-0.3, -0.25) is 0 Å². The first-order valence-electron chi connectivity index (χ1n) is 10.2. The van der Waals surface area contributed by atoms with Gasteiger partial charge in [-0.05, 0) is 5.92 Å². The summed E-state index contributed by atoms with van der Waals surface area (Å²) in [5.41, 5.74) is 0. The van der Waals surface area contributed by atoms with Crippen molar-refractivity contribution in [2.45, 2.75) is 99.3 Å². The van der Waals surface area contributed by atoms with E-state index in [0.717, 1.165) is 10.2 Å². The molecule has 23 heavy (non-hydrogen) atoms. The summed E-state index contributed by atoms with van der Waals surface area (Å²) >= 11 is -0.558. The van der Waals surface area contributed by atoms with Crippen molar-refractivity contribution in [2.75, 3.05) is 14.2 Å². The summed E-state index contributed by atoms with van der Waals surface area (Å²) in [5.74, 6) is 1.10. The highest BCUT2D eigenvalue weighted by molar-refractivity contribution is 6.64. The van der Waals surface area contributed by atoms with Gasteiger partial charge < -0.3 is 8.85 Å². The van der Waals surface area contributed by atoms with E-state index >= 15 is 0 Å². The SMILES string of the molecule is CCC1CCC[C]1(CC)[Al]([CH2]C)[CH]1CCCCC1.CO[SiH2]OC. The zero-order valence-electron chi connectivity index (χ0n) is 16.5. The van der Waals surface area contributed by atoms with Crippen molar-refractivity contribution in [1.29, 1.82) is 0 Å². The second-order valence-corrected chi connectivity index (χ2v) is 13.2. The molecule has 0 radical (unpaired) electrons. The maximum absolute atomic E-state index is 4.61. The molecule has 0 aliphatic heterocycles. The molecule has 2 fully saturated rings. The molecule has 0 heterocycles. The first-order valence-corrected chi connectivity index (χ1v) is 13.4. The molecule has 0 N–H and O–H groups in total. The van der Waals surface area contributed by atoms with Gasteiger partial charge in [0.1, 0.15) is 0 Å². The molecular formula is C19H41AlO2Si. The lowest BCUT2D eigenvalue weighted by Crippen LogP contribution is -2.39. The van der Waals surface area contributed by atoms with Crippen molar-refractivity contribution in [2.24, 2.45) is 5.92 Å². The lowest BCUT2D eigenvalue weighted by molar-refractivity contribution is 0.309. The van der Waals surface area contributed by atoms with E-state index in [4.69, 9.17) is 0 Å². The van der Waals surface area contributed by atoms with Crippen LogP contribution in [0.4, 0.5) is 0 Å². The van der Waals surface area contributed by atoms with E-state index in [2.05, 4.69) is 29.6 Å². The van der Waals surface area contributed by atoms with E-state index in [-0.39, 0.29) is 0 Å². The van der Waals surface area contributed by atoms with Crippen LogP contribution in [0.1, 0.15) is 85.0 Å². The minimum absolute atomic E-state index is 0.558. The average molecular weight is 357 g/mol. The van der Waals surface area contributed by atoms with Crippen molar-refractivity contribution in [3.8, 4) is 0 Å². The first kappa shape index (κ1) is 21.7. The van der Waals surface area contributed by atoms with Gasteiger partial charge in [-0.15, -0.1) is 0 Å². The van der Waals surface area contributed by atoms with Crippen LogP contribution in [-0.2, 0) is 8.85 Å². The van der Waals surface area contributed by atoms with Gasteiger partial charge in [0.25, 0.3) is 14.1 Å². The third-order valence-corrected chi connectivity index (χ3v) is 12.6. The third-order valence-electron chi connectivity index (χ3n) is 6.79. The largest absolute Gasteiger partial charge is 0.402 e. The van der Waals surface area contributed by atoms with Gasteiger partial charge in [0.05, 0.1) is 0 Å². The van der Waals surface area contributed by atoms with Crippen LogP contribution in [0.3, 0.4) is 0 Å². The van der Waals surface area contributed by atoms with E-state index in [0.29, 0.717) is 0 Å². The molecule has 0 saturated heterocycles. The summed E-state index contributed by atoms with van der Waals surface area (Å²) in [6, 6.07) is 0. The Hall–Kier alpha value is 0.669. The Kier molecular flexibility index (Phi) is 11.4. The number of hydrogen-bond acceptors (Lipinski definition) is 2. The van der Waals surface area contributed by atoms with Gasteiger partial charge in [-0.25, -0.2) is 0 Å². The summed E-state index contributed by atoms with van der Waals surface area (Å²) in [6.07, 6.45) is 15.5. The first-order chi connectivity index (χ1) is 11.2. The Morgan fingerprint density at radius 3 is 2.04 bits per heavy atom. The van der Waals surface area contributed by atoms with Crippen LogP contribution in [0.5, 0.6) is 0 Å². The summed E-state index contributed by atoms with van der Waals surface area (Å²) in [6.45, 7) is 7.52. The predicted octanol–water partition coefficient (Wildman–Crippen LogP) is 5.47. The van der Waals surface area contributed by atoms with Gasteiger partial charge in [-0.2, -0.15) is 0 Å². The fourth-order valence-electron chi connectivity index (χ4n) is 5.86. The second-order valence-electron chi connectivity index (χ2n) is 7.69. The number of hydrogen-bond donors (Lipinski definition) is 0. The molecule has 2 unspecified atom stereocenters. The van der Waals surface area contributed by atoms with E-state index < -0.39 is 24.2 Å². The molecule has 0 aromatic rings. The molecule has 2 aliphatic carbocycles. The molecule has 0 aromatic heterocycles. The fourth-order valence-corrected chi connectivity index (χ4v) is 11.9. The molecule has 4 heteroatoms. The third kappa shape index (κ3) is 5.86. The molecular weight excluding hydrogens is 315 g/mol. The molecule has 2 atom stereocenters. The zero-order chi connectivity index (χ0) is 17.1. The van der Waals surface area contributed by atoms with Gasteiger partial charge in [0, 0.05) is 14.2 Å². The summed E-state index contributed by atoms with van der Waals surface area (Å²) < 4.78 is 11.3. The molecule has 2 saturated carbocycles. The van der Waals surface area contributed by atoms with Crippen molar-refractivity contribution in [3.05, 3.63) is 0 Å². The Balaban J connectivity index is 0.000000463. The fraction of sp³-hybridized carbons (Fsp3) is 1.00. The van der Waals surface area contributed by atoms with E-state index in [1.165, 1.54) is 24.0 Å². The molecule has 0 aromatic carbocycles. The highest BCUT2D eigenvalue weighted by Gasteiger charge is 2.50. The Morgan fingerprint density at radius 2 is 1.61 bits per heavy atom. The minimum atomic E-state index is -0.568. The van der Waals surface area contributed by atoms with Gasteiger partial charge in [0.2, 0.25) is 0 Å². The Morgan fingerprint density at radius 1 is 0.957 bits per heavy atom. The van der Waals surface area contributed by atoms with E-state index in [9.17, 15) is 0 Å². The zero-order valence-corrected chi connectivity index (χ0v) is 19.1. The highest BCUT2D eigenvalue weighted by Crippen LogP contribution is 2.60.